The standard InChI is InChI=1S/C27H31N11/c1-17-11-25(37-36-17)34-24-9-10-30-27(35-24)38(2)23-7-5-21(6-8-23)32-26(31-16-29)33-22-13-19-4-3-18(15-28)12-20(19)14-22/h3-4,9-12,21-23H,5-8,13-14H2,1-2H3,(H2,31,32,33)(H2,30,34,35,36,37)/t21-,22?,23-. The Morgan fingerprint density at radius 1 is 1.03 bits per heavy atom. The van der Waals surface area contributed by atoms with Gasteiger partial charge < -0.3 is 20.9 Å². The number of fused-ring (bicyclic) bond motifs is 1. The van der Waals surface area contributed by atoms with Crippen LogP contribution in [-0.4, -0.2) is 51.3 Å². The number of nitrogens with one attached hydrogen (secondary N) is 4. The Bertz CT molecular complexity index is 1390. The third-order valence-electron chi connectivity index (χ3n) is 7.28. The average molecular weight is 510 g/mol. The fraction of sp³-hybridized carbons (Fsp3) is 0.407. The quantitative estimate of drug-likeness (QED) is 0.223. The third-order valence-corrected chi connectivity index (χ3v) is 7.28. The summed E-state index contributed by atoms with van der Waals surface area (Å²) in [6.45, 7) is 1.95. The first kappa shape index (κ1) is 25.0. The summed E-state index contributed by atoms with van der Waals surface area (Å²) in [4.78, 5) is 15.3. The molecule has 2 aromatic heterocycles. The lowest BCUT2D eigenvalue weighted by molar-refractivity contribution is 0.360. The van der Waals surface area contributed by atoms with Crippen LogP contribution in [0.1, 0.15) is 48.1 Å². The lowest BCUT2D eigenvalue weighted by Gasteiger charge is -2.35. The van der Waals surface area contributed by atoms with E-state index in [-0.39, 0.29) is 12.1 Å². The summed E-state index contributed by atoms with van der Waals surface area (Å²) in [6.07, 6.45) is 9.17. The number of hydrogen-bond donors (Lipinski definition) is 4. The highest BCUT2D eigenvalue weighted by molar-refractivity contribution is 5.81. The number of aliphatic imine (C=N–C) groups is 1. The number of anilines is 3. The van der Waals surface area contributed by atoms with Gasteiger partial charge in [-0.1, -0.05) is 6.07 Å². The molecule has 11 heteroatoms. The third kappa shape index (κ3) is 5.84. The Morgan fingerprint density at radius 3 is 2.55 bits per heavy atom. The highest BCUT2D eigenvalue weighted by atomic mass is 15.3. The topological polar surface area (TPSA) is 154 Å². The van der Waals surface area contributed by atoms with E-state index in [1.165, 1.54) is 11.1 Å². The van der Waals surface area contributed by atoms with Gasteiger partial charge in [0.25, 0.3) is 0 Å². The summed E-state index contributed by atoms with van der Waals surface area (Å²) in [7, 11) is 2.04. The normalized spacial score (nSPS) is 20.6. The van der Waals surface area contributed by atoms with E-state index in [2.05, 4.69) is 52.1 Å². The molecule has 0 aliphatic heterocycles. The Morgan fingerprint density at radius 2 is 1.82 bits per heavy atom. The van der Waals surface area contributed by atoms with Crippen molar-refractivity contribution in [1.82, 2.24) is 30.8 Å². The summed E-state index contributed by atoms with van der Waals surface area (Å²) in [6, 6.07) is 12.5. The van der Waals surface area contributed by atoms with Gasteiger partial charge in [0, 0.05) is 43.1 Å². The van der Waals surface area contributed by atoms with Gasteiger partial charge in [0.2, 0.25) is 18.1 Å². The van der Waals surface area contributed by atoms with Crippen LogP contribution >= 0.6 is 0 Å². The molecule has 194 valence electrons. The number of nitriles is 2. The van der Waals surface area contributed by atoms with Crippen LogP contribution in [0, 0.1) is 29.7 Å². The van der Waals surface area contributed by atoms with Crippen molar-refractivity contribution in [2.45, 2.75) is 63.6 Å². The number of hydrogen-bond acceptors (Lipinski definition) is 8. The molecule has 1 saturated carbocycles. The minimum absolute atomic E-state index is 0.143. The second-order valence-electron chi connectivity index (χ2n) is 9.97. The Kier molecular flexibility index (Phi) is 7.36. The van der Waals surface area contributed by atoms with Gasteiger partial charge in [-0.3, -0.25) is 5.10 Å². The molecule has 1 fully saturated rings. The first-order valence-corrected chi connectivity index (χ1v) is 12.9. The summed E-state index contributed by atoms with van der Waals surface area (Å²) in [5.74, 6) is 2.62. The summed E-state index contributed by atoms with van der Waals surface area (Å²) >= 11 is 0. The maximum atomic E-state index is 9.25. The smallest absolute Gasteiger partial charge is 0.227 e. The van der Waals surface area contributed by atoms with Gasteiger partial charge in [-0.05, 0) is 74.8 Å². The van der Waals surface area contributed by atoms with Crippen LogP contribution < -0.4 is 20.9 Å². The lowest BCUT2D eigenvalue weighted by Crippen LogP contribution is -2.50. The van der Waals surface area contributed by atoms with Gasteiger partial charge in [0.15, 0.2) is 5.82 Å². The zero-order valence-electron chi connectivity index (χ0n) is 21.6. The number of H-pyrrole nitrogens is 1. The average Bonchev–Trinajstić information content (AvgIpc) is 3.53. The maximum Gasteiger partial charge on any atom is 0.227 e. The van der Waals surface area contributed by atoms with Crippen molar-refractivity contribution in [2.24, 2.45) is 4.99 Å². The number of rotatable bonds is 6. The van der Waals surface area contributed by atoms with Gasteiger partial charge >= 0.3 is 0 Å². The van der Waals surface area contributed by atoms with Crippen LogP contribution in [0.4, 0.5) is 17.6 Å². The maximum absolute atomic E-state index is 9.25. The Balaban J connectivity index is 1.13. The highest BCUT2D eigenvalue weighted by Crippen LogP contribution is 2.26. The van der Waals surface area contributed by atoms with Gasteiger partial charge in [0.1, 0.15) is 5.82 Å². The first-order valence-electron chi connectivity index (χ1n) is 12.9. The molecule has 5 rings (SSSR count). The zero-order chi connectivity index (χ0) is 26.5. The van der Waals surface area contributed by atoms with Crippen molar-refractivity contribution in [2.75, 3.05) is 17.3 Å². The minimum Gasteiger partial charge on any atom is -0.353 e. The van der Waals surface area contributed by atoms with E-state index in [1.807, 2.05) is 50.5 Å². The number of benzene rings is 1. The molecule has 0 amide bonds. The van der Waals surface area contributed by atoms with Crippen LogP contribution in [0.5, 0.6) is 0 Å². The molecule has 0 spiro atoms. The molecule has 2 aliphatic rings. The number of nitrogens with zero attached hydrogens (tertiary/aromatic N) is 7. The molecule has 4 N–H and O–H groups in total. The van der Waals surface area contributed by atoms with E-state index in [9.17, 15) is 10.5 Å². The molecule has 1 unspecified atom stereocenters. The van der Waals surface area contributed by atoms with Crippen LogP contribution in [0.3, 0.4) is 0 Å². The predicted molar refractivity (Wildman–Crippen MR) is 145 cm³/mol. The largest absolute Gasteiger partial charge is 0.353 e. The second-order valence-corrected chi connectivity index (χ2v) is 9.97. The molecule has 0 saturated heterocycles. The molecular weight excluding hydrogens is 478 g/mol. The van der Waals surface area contributed by atoms with Gasteiger partial charge in [0.05, 0.1) is 11.6 Å². The molecule has 38 heavy (non-hydrogen) atoms. The first-order chi connectivity index (χ1) is 18.5. The fourth-order valence-corrected chi connectivity index (χ4v) is 5.30. The van der Waals surface area contributed by atoms with Crippen LogP contribution in [0.2, 0.25) is 0 Å². The molecule has 3 aromatic rings. The molecule has 2 aliphatic carbocycles. The van der Waals surface area contributed by atoms with E-state index < -0.39 is 0 Å². The van der Waals surface area contributed by atoms with Crippen molar-refractivity contribution >= 4 is 23.5 Å². The number of aryl methyl sites for hydroxylation is 1. The van der Waals surface area contributed by atoms with Crippen molar-refractivity contribution in [3.63, 3.8) is 0 Å². The Labute approximate surface area is 222 Å². The minimum atomic E-state index is 0.143. The van der Waals surface area contributed by atoms with E-state index in [0.29, 0.717) is 29.3 Å². The van der Waals surface area contributed by atoms with Crippen LogP contribution in [0.15, 0.2) is 41.5 Å². The van der Waals surface area contributed by atoms with E-state index in [4.69, 9.17) is 0 Å². The SMILES string of the molecule is Cc1cc(Nc2ccnc(N(C)[C@H]3CC[C@H](N/C(=N/C#N)NC4Cc5ccc(C#N)cc5C4)CC3)n2)n[nH]1. The van der Waals surface area contributed by atoms with Crippen LogP contribution in [-0.2, 0) is 12.8 Å². The highest BCUT2D eigenvalue weighted by Gasteiger charge is 2.28. The Hall–Kier alpha value is -4.64. The van der Waals surface area contributed by atoms with Crippen molar-refractivity contribution in [3.05, 3.63) is 58.9 Å². The van der Waals surface area contributed by atoms with Crippen molar-refractivity contribution < 1.29 is 0 Å². The molecule has 0 radical (unpaired) electrons. The summed E-state index contributed by atoms with van der Waals surface area (Å²) in [5, 5.41) is 35.7. The lowest BCUT2D eigenvalue weighted by atomic mass is 9.90. The van der Waals surface area contributed by atoms with Crippen molar-refractivity contribution in [3.8, 4) is 12.3 Å². The molecule has 2 heterocycles. The van der Waals surface area contributed by atoms with Gasteiger partial charge in [-0.15, -0.1) is 4.99 Å². The fourth-order valence-electron chi connectivity index (χ4n) is 5.30. The van der Waals surface area contributed by atoms with E-state index in [0.717, 1.165) is 50.0 Å². The molecule has 11 nitrogen and oxygen atoms in total. The monoisotopic (exact) mass is 509 g/mol. The number of aromatic nitrogens is 4. The predicted octanol–water partition coefficient (Wildman–Crippen LogP) is 3.05. The van der Waals surface area contributed by atoms with Crippen LogP contribution in [0.25, 0.3) is 0 Å². The van der Waals surface area contributed by atoms with Crippen molar-refractivity contribution in [1.29, 1.82) is 10.5 Å². The molecular formula is C27H31N11. The second kappa shape index (κ2) is 11.2. The summed E-state index contributed by atoms with van der Waals surface area (Å²) in [5.41, 5.74) is 4.07. The molecule has 0 bridgehead atoms. The van der Waals surface area contributed by atoms with Gasteiger partial charge in [-0.25, -0.2) is 4.98 Å². The van der Waals surface area contributed by atoms with E-state index >= 15 is 0 Å². The summed E-state index contributed by atoms with van der Waals surface area (Å²) < 4.78 is 0. The number of aromatic amines is 1. The molecule has 1 atom stereocenters. The van der Waals surface area contributed by atoms with Gasteiger partial charge in [-0.2, -0.15) is 20.6 Å². The number of guanidine groups is 1. The molecule has 1 aromatic carbocycles. The zero-order valence-corrected chi connectivity index (χ0v) is 21.6. The van der Waals surface area contributed by atoms with E-state index in [1.54, 1.807) is 6.20 Å².